The number of carbonyl (C=O) groups excluding carboxylic acids is 2. The molecule has 0 aromatic heterocycles. The first-order valence-electron chi connectivity index (χ1n) is 10.2. The Hall–Kier alpha value is -1.95. The summed E-state index contributed by atoms with van der Waals surface area (Å²) in [7, 11) is 0. The fourth-order valence-corrected chi connectivity index (χ4v) is 3.40. The first-order valence-corrected chi connectivity index (χ1v) is 11.3. The number of ether oxygens (including phenoxy) is 1. The molecule has 5 nitrogen and oxygen atoms in total. The predicted molar refractivity (Wildman–Crippen MR) is 126 cm³/mol. The Kier molecular flexibility index (Phi) is 9.94. The molecule has 0 aliphatic carbocycles. The maximum Gasteiger partial charge on any atom is 0.261 e. The molecule has 168 valence electrons. The fraction of sp³-hybridized carbons (Fsp3) is 0.391. The highest BCUT2D eigenvalue weighted by molar-refractivity contribution is 6.42. The van der Waals surface area contributed by atoms with Crippen molar-refractivity contribution in [2.75, 3.05) is 6.61 Å². The van der Waals surface area contributed by atoms with E-state index in [1.165, 1.54) is 4.90 Å². The van der Waals surface area contributed by atoms with Crippen LogP contribution in [0.25, 0.3) is 0 Å². The van der Waals surface area contributed by atoms with Gasteiger partial charge in [-0.3, -0.25) is 9.59 Å². The zero-order valence-corrected chi connectivity index (χ0v) is 20.1. The minimum atomic E-state index is -0.648. The summed E-state index contributed by atoms with van der Waals surface area (Å²) in [6, 6.07) is 11.3. The molecular weight excluding hydrogens is 459 g/mol. The topological polar surface area (TPSA) is 58.6 Å². The molecule has 2 aromatic carbocycles. The largest absolute Gasteiger partial charge is 0.484 e. The highest BCUT2D eigenvalue weighted by atomic mass is 35.5. The van der Waals surface area contributed by atoms with Crippen molar-refractivity contribution in [3.63, 3.8) is 0 Å². The van der Waals surface area contributed by atoms with E-state index in [-0.39, 0.29) is 31.0 Å². The Balaban J connectivity index is 2.23. The molecule has 2 aromatic rings. The third kappa shape index (κ3) is 7.60. The second-order valence-corrected chi connectivity index (χ2v) is 8.51. The molecule has 0 saturated heterocycles. The summed E-state index contributed by atoms with van der Waals surface area (Å²) in [6.45, 7) is 5.78. The maximum atomic E-state index is 13.1. The van der Waals surface area contributed by atoms with Crippen LogP contribution < -0.4 is 10.1 Å². The van der Waals surface area contributed by atoms with Gasteiger partial charge >= 0.3 is 0 Å². The zero-order valence-electron chi connectivity index (χ0n) is 17.8. The van der Waals surface area contributed by atoms with E-state index in [2.05, 4.69) is 5.32 Å². The van der Waals surface area contributed by atoms with Crippen molar-refractivity contribution >= 4 is 46.6 Å². The summed E-state index contributed by atoms with van der Waals surface area (Å²) < 4.78 is 5.63. The van der Waals surface area contributed by atoms with Gasteiger partial charge in [0, 0.05) is 17.6 Å². The van der Waals surface area contributed by atoms with Gasteiger partial charge in [-0.05, 0) is 61.7 Å². The lowest BCUT2D eigenvalue weighted by Gasteiger charge is -2.31. The Morgan fingerprint density at radius 3 is 2.26 bits per heavy atom. The molecule has 8 heteroatoms. The number of nitrogens with zero attached hydrogens (tertiary/aromatic N) is 1. The lowest BCUT2D eigenvalue weighted by molar-refractivity contribution is -0.143. The first kappa shape index (κ1) is 25.3. The van der Waals surface area contributed by atoms with Gasteiger partial charge in [-0.25, -0.2) is 0 Å². The van der Waals surface area contributed by atoms with Gasteiger partial charge in [0.05, 0.1) is 10.0 Å². The van der Waals surface area contributed by atoms with E-state index in [1.54, 1.807) is 42.5 Å². The third-order valence-corrected chi connectivity index (χ3v) is 5.89. The van der Waals surface area contributed by atoms with Crippen LogP contribution in [-0.4, -0.2) is 35.4 Å². The van der Waals surface area contributed by atoms with Crippen LogP contribution in [0.4, 0.5) is 0 Å². The quantitative estimate of drug-likeness (QED) is 0.466. The van der Waals surface area contributed by atoms with Gasteiger partial charge in [0.25, 0.3) is 5.91 Å². The van der Waals surface area contributed by atoms with Crippen molar-refractivity contribution in [3.05, 3.63) is 63.1 Å². The lowest BCUT2D eigenvalue weighted by Crippen LogP contribution is -2.51. The van der Waals surface area contributed by atoms with Gasteiger partial charge in [0.1, 0.15) is 11.8 Å². The third-order valence-electron chi connectivity index (χ3n) is 4.90. The second-order valence-electron chi connectivity index (χ2n) is 7.25. The molecule has 2 amide bonds. The maximum absolute atomic E-state index is 13.1. The normalized spacial score (nSPS) is 12.7. The average molecular weight is 486 g/mol. The molecular formula is C23H27Cl3N2O3. The molecule has 1 N–H and O–H groups in total. The summed E-state index contributed by atoms with van der Waals surface area (Å²) in [6.07, 6.45) is 1.25. The van der Waals surface area contributed by atoms with E-state index in [1.807, 2.05) is 20.8 Å². The van der Waals surface area contributed by atoms with Gasteiger partial charge in [-0.15, -0.1) is 0 Å². The van der Waals surface area contributed by atoms with Crippen LogP contribution in [0.3, 0.4) is 0 Å². The molecule has 31 heavy (non-hydrogen) atoms. The van der Waals surface area contributed by atoms with E-state index < -0.39 is 6.04 Å². The van der Waals surface area contributed by atoms with Crippen LogP contribution in [0, 0.1) is 0 Å². The number of hydrogen-bond acceptors (Lipinski definition) is 3. The van der Waals surface area contributed by atoms with E-state index >= 15 is 0 Å². The Morgan fingerprint density at radius 1 is 1.00 bits per heavy atom. The predicted octanol–water partition coefficient (Wildman–Crippen LogP) is 5.75. The molecule has 0 spiro atoms. The summed E-state index contributed by atoms with van der Waals surface area (Å²) in [4.78, 5) is 27.6. The molecule has 0 heterocycles. The van der Waals surface area contributed by atoms with Gasteiger partial charge < -0.3 is 15.0 Å². The molecule has 0 saturated carbocycles. The molecule has 0 bridgehead atoms. The summed E-state index contributed by atoms with van der Waals surface area (Å²) >= 11 is 18.1. The smallest absolute Gasteiger partial charge is 0.261 e. The Labute approximate surface area is 198 Å². The SMILES string of the molecule is CCC(C)NC(=O)C(CC)N(Cc1ccc(Cl)c(Cl)c1)C(=O)COc1ccc(Cl)cc1. The van der Waals surface area contributed by atoms with E-state index in [0.29, 0.717) is 27.2 Å². The first-order chi connectivity index (χ1) is 14.7. The van der Waals surface area contributed by atoms with E-state index in [4.69, 9.17) is 39.5 Å². The van der Waals surface area contributed by atoms with Gasteiger partial charge in [0.2, 0.25) is 5.91 Å². The molecule has 0 radical (unpaired) electrons. The van der Waals surface area contributed by atoms with Crippen LogP contribution in [-0.2, 0) is 16.1 Å². The number of carbonyl (C=O) groups is 2. The Bertz CT molecular complexity index is 890. The Morgan fingerprint density at radius 2 is 1.68 bits per heavy atom. The van der Waals surface area contributed by atoms with Crippen molar-refractivity contribution in [3.8, 4) is 5.75 Å². The van der Waals surface area contributed by atoms with Crippen LogP contribution in [0.2, 0.25) is 15.1 Å². The molecule has 2 unspecified atom stereocenters. The molecule has 2 atom stereocenters. The number of nitrogens with one attached hydrogen (secondary N) is 1. The monoisotopic (exact) mass is 484 g/mol. The van der Waals surface area contributed by atoms with Crippen molar-refractivity contribution in [2.45, 2.75) is 52.2 Å². The number of benzene rings is 2. The van der Waals surface area contributed by atoms with Crippen LogP contribution in [0.1, 0.15) is 39.2 Å². The van der Waals surface area contributed by atoms with Crippen molar-refractivity contribution < 1.29 is 14.3 Å². The van der Waals surface area contributed by atoms with Crippen molar-refractivity contribution in [1.29, 1.82) is 0 Å². The minimum absolute atomic E-state index is 0.00814. The van der Waals surface area contributed by atoms with Crippen molar-refractivity contribution in [2.24, 2.45) is 0 Å². The molecule has 0 aliphatic heterocycles. The fourth-order valence-electron chi connectivity index (χ4n) is 2.95. The summed E-state index contributed by atoms with van der Waals surface area (Å²) in [5.74, 6) is 0.00766. The van der Waals surface area contributed by atoms with Crippen LogP contribution >= 0.6 is 34.8 Å². The zero-order chi connectivity index (χ0) is 23.0. The highest BCUT2D eigenvalue weighted by Crippen LogP contribution is 2.24. The van der Waals surface area contributed by atoms with Crippen LogP contribution in [0.5, 0.6) is 5.75 Å². The number of rotatable bonds is 10. The summed E-state index contributed by atoms with van der Waals surface area (Å²) in [5.41, 5.74) is 0.768. The van der Waals surface area contributed by atoms with Gasteiger partial charge in [-0.2, -0.15) is 0 Å². The highest BCUT2D eigenvalue weighted by Gasteiger charge is 2.29. The average Bonchev–Trinajstić information content (AvgIpc) is 2.75. The van der Waals surface area contributed by atoms with E-state index in [9.17, 15) is 9.59 Å². The van der Waals surface area contributed by atoms with Crippen molar-refractivity contribution in [1.82, 2.24) is 10.2 Å². The number of amides is 2. The molecule has 0 aliphatic rings. The van der Waals surface area contributed by atoms with Gasteiger partial charge in [0.15, 0.2) is 6.61 Å². The number of hydrogen-bond donors (Lipinski definition) is 1. The second kappa shape index (κ2) is 12.2. The number of halogens is 3. The van der Waals surface area contributed by atoms with E-state index in [0.717, 1.165) is 12.0 Å². The molecule has 2 rings (SSSR count). The van der Waals surface area contributed by atoms with Crippen LogP contribution in [0.15, 0.2) is 42.5 Å². The lowest BCUT2D eigenvalue weighted by atomic mass is 10.1. The standard InChI is InChI=1S/C23H27Cl3N2O3/c1-4-15(3)27-23(30)21(5-2)28(13-16-6-11-19(25)20(26)12-16)22(29)14-31-18-9-7-17(24)8-10-18/h6-12,15,21H,4-5,13-14H2,1-3H3,(H,27,30). The minimum Gasteiger partial charge on any atom is -0.484 e. The summed E-state index contributed by atoms with van der Waals surface area (Å²) in [5, 5.41) is 4.36. The van der Waals surface area contributed by atoms with Gasteiger partial charge in [-0.1, -0.05) is 54.7 Å². The molecule has 0 fully saturated rings.